The van der Waals surface area contributed by atoms with Gasteiger partial charge in [-0.15, -0.1) is 0 Å². The Hall–Kier alpha value is -0.650. The SMILES string of the molecule is CCOC(CC)(CC)C(O)[N+](C)(C)C.O=CO. The van der Waals surface area contributed by atoms with Crippen LogP contribution >= 0.6 is 0 Å². The van der Waals surface area contributed by atoms with Crippen LogP contribution in [0.3, 0.4) is 0 Å². The highest BCUT2D eigenvalue weighted by Gasteiger charge is 2.43. The molecule has 0 saturated heterocycles. The number of quaternary nitrogens is 1. The summed E-state index contributed by atoms with van der Waals surface area (Å²) < 4.78 is 6.27. The highest BCUT2D eigenvalue weighted by atomic mass is 16.5. The van der Waals surface area contributed by atoms with E-state index in [9.17, 15) is 5.11 Å². The van der Waals surface area contributed by atoms with Crippen molar-refractivity contribution in [2.45, 2.75) is 45.4 Å². The molecule has 1 atom stereocenters. The first-order valence-electron chi connectivity index (χ1n) is 5.96. The number of carboxylic acid groups (broad SMARTS) is 1. The molecule has 0 amide bonds. The molecule has 5 heteroatoms. The Morgan fingerprint density at radius 3 is 1.76 bits per heavy atom. The lowest BCUT2D eigenvalue weighted by Gasteiger charge is -2.42. The number of hydrogen-bond acceptors (Lipinski definition) is 3. The van der Waals surface area contributed by atoms with Gasteiger partial charge in [-0.3, -0.25) is 4.79 Å². The van der Waals surface area contributed by atoms with Gasteiger partial charge >= 0.3 is 0 Å². The zero-order valence-corrected chi connectivity index (χ0v) is 11.9. The van der Waals surface area contributed by atoms with E-state index in [0.717, 1.165) is 12.8 Å². The molecule has 0 rings (SSSR count). The van der Waals surface area contributed by atoms with Gasteiger partial charge in [0.1, 0.15) is 5.60 Å². The van der Waals surface area contributed by atoms with Crippen molar-refractivity contribution in [1.82, 2.24) is 0 Å². The second kappa shape index (κ2) is 8.44. The van der Waals surface area contributed by atoms with Crippen molar-refractivity contribution < 1.29 is 24.2 Å². The Morgan fingerprint density at radius 1 is 1.24 bits per heavy atom. The molecule has 0 aliphatic heterocycles. The van der Waals surface area contributed by atoms with Crippen LogP contribution in [0.1, 0.15) is 33.6 Å². The molecule has 17 heavy (non-hydrogen) atoms. The largest absolute Gasteiger partial charge is 0.483 e. The molecule has 0 aliphatic carbocycles. The van der Waals surface area contributed by atoms with Crippen molar-refractivity contribution in [3.63, 3.8) is 0 Å². The summed E-state index contributed by atoms with van der Waals surface area (Å²) in [5, 5.41) is 17.2. The van der Waals surface area contributed by atoms with Gasteiger partial charge in [0.2, 0.25) is 6.23 Å². The number of likely N-dealkylation sites (N-methyl/N-ethyl adjacent to an activating group) is 1. The summed E-state index contributed by atoms with van der Waals surface area (Å²) in [6.07, 6.45) is 1.21. The maximum Gasteiger partial charge on any atom is 0.290 e. The average molecular weight is 250 g/mol. The lowest BCUT2D eigenvalue weighted by molar-refractivity contribution is -0.927. The highest BCUT2D eigenvalue weighted by molar-refractivity contribution is 5.32. The number of ether oxygens (including phenoxy) is 1. The fourth-order valence-electron chi connectivity index (χ4n) is 1.89. The number of aliphatic hydroxyl groups excluding tert-OH is 1. The van der Waals surface area contributed by atoms with Crippen molar-refractivity contribution in [1.29, 1.82) is 0 Å². The third-order valence-corrected chi connectivity index (χ3v) is 2.83. The lowest BCUT2D eigenvalue weighted by Crippen LogP contribution is -2.59. The van der Waals surface area contributed by atoms with E-state index in [2.05, 4.69) is 13.8 Å². The summed E-state index contributed by atoms with van der Waals surface area (Å²) in [6.45, 7) is 6.51. The van der Waals surface area contributed by atoms with Crippen LogP contribution in [0.5, 0.6) is 0 Å². The molecule has 0 bridgehead atoms. The molecule has 0 aromatic carbocycles. The van der Waals surface area contributed by atoms with Gasteiger partial charge in [0.05, 0.1) is 21.1 Å². The smallest absolute Gasteiger partial charge is 0.290 e. The minimum atomic E-state index is -0.475. The zero-order valence-electron chi connectivity index (χ0n) is 11.9. The van der Waals surface area contributed by atoms with Crippen LogP contribution in [0, 0.1) is 0 Å². The maximum absolute atomic E-state index is 10.3. The third-order valence-electron chi connectivity index (χ3n) is 2.83. The van der Waals surface area contributed by atoms with Crippen LogP contribution in [-0.4, -0.2) is 60.7 Å². The molecule has 1 unspecified atom stereocenters. The van der Waals surface area contributed by atoms with Gasteiger partial charge in [0.25, 0.3) is 6.47 Å². The van der Waals surface area contributed by atoms with Crippen LogP contribution < -0.4 is 0 Å². The van der Waals surface area contributed by atoms with Gasteiger partial charge < -0.3 is 19.4 Å². The van der Waals surface area contributed by atoms with Gasteiger partial charge in [0, 0.05) is 6.61 Å². The first-order valence-corrected chi connectivity index (χ1v) is 5.96. The second-order valence-corrected chi connectivity index (χ2v) is 4.80. The summed E-state index contributed by atoms with van der Waals surface area (Å²) in [6, 6.07) is 0. The molecule has 0 aromatic heterocycles. The number of rotatable bonds is 6. The van der Waals surface area contributed by atoms with Crippen LogP contribution in [-0.2, 0) is 9.53 Å². The first kappa shape index (κ1) is 18.7. The van der Waals surface area contributed by atoms with Crippen LogP contribution in [0.4, 0.5) is 0 Å². The Morgan fingerprint density at radius 2 is 1.59 bits per heavy atom. The van der Waals surface area contributed by atoms with Crippen molar-refractivity contribution >= 4 is 6.47 Å². The minimum absolute atomic E-state index is 0.250. The molecule has 0 aliphatic rings. The summed E-state index contributed by atoms with van der Waals surface area (Å²) in [5.41, 5.74) is -0.396. The lowest BCUT2D eigenvalue weighted by atomic mass is 9.93. The van der Waals surface area contributed by atoms with Crippen molar-refractivity contribution in [3.05, 3.63) is 0 Å². The van der Waals surface area contributed by atoms with E-state index in [1.54, 1.807) is 0 Å². The predicted molar refractivity (Wildman–Crippen MR) is 67.7 cm³/mol. The normalized spacial score (nSPS) is 13.6. The standard InChI is InChI=1S/C11H26NO2.CH2O2/c1-7-11(8-2,14-9-3)10(13)12(4,5)6;2-1-3/h10,13H,7-9H2,1-6H3;1H,(H,2,3)/q+1;. The Kier molecular flexibility index (Phi) is 9.29. The zero-order chi connectivity index (χ0) is 14.1. The van der Waals surface area contributed by atoms with Gasteiger partial charge in [0.15, 0.2) is 0 Å². The molecule has 0 spiro atoms. The van der Waals surface area contributed by atoms with E-state index >= 15 is 0 Å². The number of carbonyl (C=O) groups is 1. The molecule has 104 valence electrons. The molecule has 0 aromatic rings. The molecule has 5 nitrogen and oxygen atoms in total. The van der Waals surface area contributed by atoms with E-state index in [0.29, 0.717) is 11.1 Å². The van der Waals surface area contributed by atoms with Gasteiger partial charge in [-0.1, -0.05) is 13.8 Å². The summed E-state index contributed by atoms with van der Waals surface area (Å²) >= 11 is 0. The highest BCUT2D eigenvalue weighted by Crippen LogP contribution is 2.28. The number of aliphatic hydroxyl groups is 1. The molecular weight excluding hydrogens is 222 g/mol. The van der Waals surface area contributed by atoms with E-state index in [1.807, 2.05) is 28.1 Å². The van der Waals surface area contributed by atoms with Crippen LogP contribution in [0.15, 0.2) is 0 Å². The minimum Gasteiger partial charge on any atom is -0.483 e. The maximum atomic E-state index is 10.3. The van der Waals surface area contributed by atoms with Crippen molar-refractivity contribution in [3.8, 4) is 0 Å². The quantitative estimate of drug-likeness (QED) is 0.424. The van der Waals surface area contributed by atoms with Gasteiger partial charge in [-0.05, 0) is 19.8 Å². The predicted octanol–water partition coefficient (Wildman–Crippen LogP) is 1.31. The fourth-order valence-corrected chi connectivity index (χ4v) is 1.89. The van der Waals surface area contributed by atoms with Crippen LogP contribution in [0.2, 0.25) is 0 Å². The van der Waals surface area contributed by atoms with Crippen molar-refractivity contribution in [2.24, 2.45) is 0 Å². The monoisotopic (exact) mass is 250 g/mol. The average Bonchev–Trinajstić information content (AvgIpc) is 2.25. The van der Waals surface area contributed by atoms with Gasteiger partial charge in [-0.2, -0.15) is 0 Å². The van der Waals surface area contributed by atoms with Crippen LogP contribution in [0.25, 0.3) is 0 Å². The molecule has 2 N–H and O–H groups in total. The summed E-state index contributed by atoms with van der Waals surface area (Å²) in [5.74, 6) is 0. The van der Waals surface area contributed by atoms with E-state index in [1.165, 1.54) is 0 Å². The number of hydrogen-bond donors (Lipinski definition) is 2. The molecule has 0 saturated carbocycles. The molecule has 0 heterocycles. The molecule has 0 radical (unpaired) electrons. The Bertz CT molecular complexity index is 197. The molecular formula is C12H28NO4+. The number of nitrogens with zero attached hydrogens (tertiary/aromatic N) is 1. The Balaban J connectivity index is 0. The summed E-state index contributed by atoms with van der Waals surface area (Å²) in [4.78, 5) is 8.36. The van der Waals surface area contributed by atoms with Gasteiger partial charge in [-0.25, -0.2) is 0 Å². The van der Waals surface area contributed by atoms with Crippen molar-refractivity contribution in [2.75, 3.05) is 27.7 Å². The first-order chi connectivity index (χ1) is 7.75. The fraction of sp³-hybridized carbons (Fsp3) is 0.917. The topological polar surface area (TPSA) is 66.8 Å². The van der Waals surface area contributed by atoms with E-state index in [4.69, 9.17) is 14.6 Å². The molecule has 0 fully saturated rings. The summed E-state index contributed by atoms with van der Waals surface area (Å²) in [7, 11) is 5.97. The Labute approximate surface area is 105 Å². The van der Waals surface area contributed by atoms with E-state index < -0.39 is 11.8 Å². The second-order valence-electron chi connectivity index (χ2n) is 4.80. The third kappa shape index (κ3) is 6.00. The van der Waals surface area contributed by atoms with E-state index in [-0.39, 0.29) is 6.47 Å².